The number of nitriles is 2. The molecule has 2 N–H and O–H groups in total. The number of carbonyl (C=O) groups is 2. The molecule has 0 saturated heterocycles. The monoisotopic (exact) mass is 360 g/mol. The van der Waals surface area contributed by atoms with Gasteiger partial charge in [0.2, 0.25) is 5.91 Å². The summed E-state index contributed by atoms with van der Waals surface area (Å²) in [5, 5.41) is 23.0. The minimum Gasteiger partial charge on any atom is -0.479 e. The molecule has 0 heterocycles. The fraction of sp³-hybridized carbons (Fsp3) is 0.100. The van der Waals surface area contributed by atoms with Crippen LogP contribution in [0.2, 0.25) is 0 Å². The molecule has 134 valence electrons. The standard InChI is InChI=1S/C20H16N4O3/c1-14(25)23-17-4-6-18(7-5-17)24-20(26)16(13-22)12-15-2-8-19(9-3-15)27-11-10-21/h2-9,12H,11H2,1H3,(H,23,25)(H,24,26)/b16-12+. The summed E-state index contributed by atoms with van der Waals surface area (Å²) in [5.41, 5.74) is 1.68. The Morgan fingerprint density at radius 2 is 1.59 bits per heavy atom. The molecule has 0 aromatic heterocycles. The first-order valence-corrected chi connectivity index (χ1v) is 7.92. The van der Waals surface area contributed by atoms with E-state index < -0.39 is 5.91 Å². The highest BCUT2D eigenvalue weighted by Gasteiger charge is 2.10. The lowest BCUT2D eigenvalue weighted by molar-refractivity contribution is -0.114. The van der Waals surface area contributed by atoms with Gasteiger partial charge in [-0.15, -0.1) is 0 Å². The van der Waals surface area contributed by atoms with Crippen molar-refractivity contribution in [2.45, 2.75) is 6.92 Å². The molecule has 0 aliphatic rings. The second-order valence-electron chi connectivity index (χ2n) is 5.40. The molecule has 7 heteroatoms. The van der Waals surface area contributed by atoms with Crippen LogP contribution in [0.1, 0.15) is 12.5 Å². The number of ether oxygens (including phenoxy) is 1. The van der Waals surface area contributed by atoms with Gasteiger partial charge in [-0.2, -0.15) is 10.5 Å². The van der Waals surface area contributed by atoms with Crippen molar-refractivity contribution in [2.75, 3.05) is 17.2 Å². The smallest absolute Gasteiger partial charge is 0.266 e. The Labute approximate surface area is 156 Å². The number of amides is 2. The summed E-state index contributed by atoms with van der Waals surface area (Å²) < 4.78 is 5.15. The molecule has 0 saturated carbocycles. The van der Waals surface area contributed by atoms with Crippen molar-refractivity contribution in [3.63, 3.8) is 0 Å². The van der Waals surface area contributed by atoms with E-state index in [1.165, 1.54) is 13.0 Å². The van der Waals surface area contributed by atoms with Crippen LogP contribution in [0.4, 0.5) is 11.4 Å². The van der Waals surface area contributed by atoms with Crippen molar-refractivity contribution in [1.29, 1.82) is 10.5 Å². The lowest BCUT2D eigenvalue weighted by atomic mass is 10.1. The highest BCUT2D eigenvalue weighted by atomic mass is 16.5. The zero-order valence-corrected chi connectivity index (χ0v) is 14.5. The van der Waals surface area contributed by atoms with E-state index in [0.29, 0.717) is 22.7 Å². The van der Waals surface area contributed by atoms with E-state index >= 15 is 0 Å². The molecule has 2 aromatic carbocycles. The van der Waals surface area contributed by atoms with Crippen LogP contribution >= 0.6 is 0 Å². The molecule has 0 unspecified atom stereocenters. The summed E-state index contributed by atoms with van der Waals surface area (Å²) in [7, 11) is 0. The van der Waals surface area contributed by atoms with Crippen LogP contribution in [0.3, 0.4) is 0 Å². The number of benzene rings is 2. The Bertz CT molecular complexity index is 933. The van der Waals surface area contributed by atoms with Gasteiger partial charge in [0.15, 0.2) is 6.61 Å². The molecule has 0 spiro atoms. The zero-order chi connectivity index (χ0) is 19.6. The van der Waals surface area contributed by atoms with Gasteiger partial charge in [0, 0.05) is 18.3 Å². The van der Waals surface area contributed by atoms with E-state index in [0.717, 1.165) is 0 Å². The molecule has 0 bridgehead atoms. The van der Waals surface area contributed by atoms with E-state index in [1.54, 1.807) is 48.5 Å². The fourth-order valence-electron chi connectivity index (χ4n) is 2.13. The quantitative estimate of drug-likeness (QED) is 0.607. The maximum absolute atomic E-state index is 12.3. The highest BCUT2D eigenvalue weighted by molar-refractivity contribution is 6.09. The Morgan fingerprint density at radius 3 is 2.11 bits per heavy atom. The minimum atomic E-state index is -0.547. The molecular formula is C20H16N4O3. The van der Waals surface area contributed by atoms with Crippen molar-refractivity contribution in [3.05, 3.63) is 59.7 Å². The summed E-state index contributed by atoms with van der Waals surface area (Å²) in [5.74, 6) is -0.212. The molecule has 27 heavy (non-hydrogen) atoms. The van der Waals surface area contributed by atoms with Crippen molar-refractivity contribution in [2.24, 2.45) is 0 Å². The van der Waals surface area contributed by atoms with Gasteiger partial charge in [0.1, 0.15) is 23.5 Å². The normalized spacial score (nSPS) is 10.3. The molecule has 0 radical (unpaired) electrons. The molecule has 7 nitrogen and oxygen atoms in total. The van der Waals surface area contributed by atoms with Crippen LogP contribution in [0, 0.1) is 22.7 Å². The molecule has 2 rings (SSSR count). The van der Waals surface area contributed by atoms with Crippen LogP contribution in [0.5, 0.6) is 5.75 Å². The third-order valence-corrected chi connectivity index (χ3v) is 3.32. The molecular weight excluding hydrogens is 344 g/mol. The Kier molecular flexibility index (Phi) is 6.69. The summed E-state index contributed by atoms with van der Waals surface area (Å²) in [4.78, 5) is 23.3. The Morgan fingerprint density at radius 1 is 1.00 bits per heavy atom. The summed E-state index contributed by atoms with van der Waals surface area (Å²) in [6, 6.07) is 16.9. The number of rotatable bonds is 6. The predicted octanol–water partition coefficient (Wildman–Crippen LogP) is 3.09. The summed E-state index contributed by atoms with van der Waals surface area (Å²) >= 11 is 0. The SMILES string of the molecule is CC(=O)Nc1ccc(NC(=O)/C(C#N)=C/c2ccc(OCC#N)cc2)cc1. The first-order valence-electron chi connectivity index (χ1n) is 7.92. The minimum absolute atomic E-state index is 0.0538. The summed E-state index contributed by atoms with van der Waals surface area (Å²) in [6.45, 7) is 1.35. The van der Waals surface area contributed by atoms with Gasteiger partial charge in [0.25, 0.3) is 5.91 Å². The van der Waals surface area contributed by atoms with Gasteiger partial charge in [-0.1, -0.05) is 12.1 Å². The second kappa shape index (κ2) is 9.40. The molecule has 0 fully saturated rings. The maximum Gasteiger partial charge on any atom is 0.266 e. The lowest BCUT2D eigenvalue weighted by Gasteiger charge is -2.06. The van der Waals surface area contributed by atoms with E-state index in [2.05, 4.69) is 10.6 Å². The van der Waals surface area contributed by atoms with Gasteiger partial charge in [-0.3, -0.25) is 9.59 Å². The average molecular weight is 360 g/mol. The molecule has 2 amide bonds. The van der Waals surface area contributed by atoms with Crippen LogP contribution in [0.15, 0.2) is 54.1 Å². The zero-order valence-electron chi connectivity index (χ0n) is 14.5. The van der Waals surface area contributed by atoms with E-state index in [-0.39, 0.29) is 18.1 Å². The van der Waals surface area contributed by atoms with Gasteiger partial charge < -0.3 is 15.4 Å². The Balaban J connectivity index is 2.06. The lowest BCUT2D eigenvalue weighted by Crippen LogP contribution is -2.13. The Hall–Kier alpha value is -4.10. The van der Waals surface area contributed by atoms with Crippen LogP contribution in [-0.2, 0) is 9.59 Å². The number of anilines is 2. The number of carbonyl (C=O) groups excluding carboxylic acids is 2. The molecule has 2 aromatic rings. The largest absolute Gasteiger partial charge is 0.479 e. The highest BCUT2D eigenvalue weighted by Crippen LogP contribution is 2.17. The summed E-state index contributed by atoms with van der Waals surface area (Å²) in [6.07, 6.45) is 1.45. The predicted molar refractivity (Wildman–Crippen MR) is 101 cm³/mol. The number of nitrogens with one attached hydrogen (secondary N) is 2. The van der Waals surface area contributed by atoms with Gasteiger partial charge in [-0.05, 0) is 48.0 Å². The maximum atomic E-state index is 12.3. The third-order valence-electron chi connectivity index (χ3n) is 3.32. The second-order valence-corrected chi connectivity index (χ2v) is 5.40. The first-order chi connectivity index (χ1) is 13.0. The van der Waals surface area contributed by atoms with E-state index in [1.807, 2.05) is 12.1 Å². The fourth-order valence-corrected chi connectivity index (χ4v) is 2.13. The number of hydrogen-bond donors (Lipinski definition) is 2. The molecule has 0 aliphatic carbocycles. The topological polar surface area (TPSA) is 115 Å². The van der Waals surface area contributed by atoms with Crippen LogP contribution in [0.25, 0.3) is 6.08 Å². The number of nitrogens with zero attached hydrogens (tertiary/aromatic N) is 2. The molecule has 0 aliphatic heterocycles. The van der Waals surface area contributed by atoms with Crippen LogP contribution in [-0.4, -0.2) is 18.4 Å². The molecule has 0 atom stereocenters. The average Bonchev–Trinajstić information content (AvgIpc) is 2.66. The number of hydrogen-bond acceptors (Lipinski definition) is 5. The van der Waals surface area contributed by atoms with Crippen molar-refractivity contribution >= 4 is 29.3 Å². The van der Waals surface area contributed by atoms with Crippen molar-refractivity contribution in [3.8, 4) is 17.9 Å². The first kappa shape index (κ1) is 19.2. The third kappa shape index (κ3) is 6.04. The van der Waals surface area contributed by atoms with Crippen molar-refractivity contribution < 1.29 is 14.3 Å². The van der Waals surface area contributed by atoms with Crippen molar-refractivity contribution in [1.82, 2.24) is 0 Å². The van der Waals surface area contributed by atoms with E-state index in [4.69, 9.17) is 10.00 Å². The van der Waals surface area contributed by atoms with Gasteiger partial charge >= 0.3 is 0 Å². The van der Waals surface area contributed by atoms with Gasteiger partial charge in [0.05, 0.1) is 0 Å². The van der Waals surface area contributed by atoms with Gasteiger partial charge in [-0.25, -0.2) is 0 Å². The van der Waals surface area contributed by atoms with E-state index in [9.17, 15) is 14.9 Å². The van der Waals surface area contributed by atoms with Crippen LogP contribution < -0.4 is 15.4 Å².